The van der Waals surface area contributed by atoms with Crippen molar-refractivity contribution in [2.75, 3.05) is 0 Å². The molecule has 1 heteroatoms. The predicted octanol–water partition coefficient (Wildman–Crippen LogP) is 4.49. The van der Waals surface area contributed by atoms with E-state index in [9.17, 15) is 0 Å². The summed E-state index contributed by atoms with van der Waals surface area (Å²) in [7, 11) is 0. The average Bonchev–Trinajstić information content (AvgIpc) is 2.90. The van der Waals surface area contributed by atoms with Crippen LogP contribution < -0.4 is 0 Å². The van der Waals surface area contributed by atoms with Gasteiger partial charge in [0.1, 0.15) is 0 Å². The minimum Gasteiger partial charge on any atom is -0.252 e. The lowest BCUT2D eigenvalue weighted by Gasteiger charge is -2.08. The van der Waals surface area contributed by atoms with Gasteiger partial charge in [0.25, 0.3) is 0 Å². The minimum absolute atomic E-state index is 0.963. The van der Waals surface area contributed by atoms with Crippen LogP contribution in [0.1, 0.15) is 36.1 Å². The molecule has 19 heavy (non-hydrogen) atoms. The van der Waals surface area contributed by atoms with Gasteiger partial charge in [0.05, 0.1) is 11.4 Å². The number of nitrogens with zero attached hydrogens (tertiary/aromatic N) is 1. The van der Waals surface area contributed by atoms with Crippen molar-refractivity contribution in [1.29, 1.82) is 0 Å². The number of benzene rings is 2. The molecule has 2 aromatic carbocycles. The number of para-hydroxylation sites is 1. The predicted molar refractivity (Wildman–Crippen MR) is 81.5 cm³/mol. The molecule has 0 N–H and O–H groups in total. The summed E-state index contributed by atoms with van der Waals surface area (Å²) in [5.74, 6) is 0. The zero-order valence-corrected chi connectivity index (χ0v) is 11.6. The Morgan fingerprint density at radius 3 is 2.47 bits per heavy atom. The maximum atomic E-state index is 4.77. The standard InChI is InChI=1S/C18H19N/c1-3-13-9-10-16(11-14(13)4-2)18-12-15-7-5-6-8-17(15)19-18/h5-11H,3-4,12H2,1-2H3. The first-order chi connectivity index (χ1) is 9.31. The molecule has 1 aliphatic heterocycles. The van der Waals surface area contributed by atoms with Crippen molar-refractivity contribution in [1.82, 2.24) is 0 Å². The van der Waals surface area contributed by atoms with Crippen molar-refractivity contribution < 1.29 is 0 Å². The fraction of sp³-hybridized carbons (Fsp3) is 0.278. The molecule has 0 saturated heterocycles. The molecule has 1 aliphatic rings. The van der Waals surface area contributed by atoms with Gasteiger partial charge in [-0.05, 0) is 47.2 Å². The number of fused-ring (bicyclic) bond motifs is 1. The van der Waals surface area contributed by atoms with Gasteiger partial charge in [0.15, 0.2) is 0 Å². The Morgan fingerprint density at radius 1 is 0.947 bits per heavy atom. The molecular formula is C18H19N. The number of rotatable bonds is 3. The van der Waals surface area contributed by atoms with Gasteiger partial charge in [-0.3, -0.25) is 4.99 Å². The van der Waals surface area contributed by atoms with Gasteiger partial charge in [-0.15, -0.1) is 0 Å². The van der Waals surface area contributed by atoms with Crippen molar-refractivity contribution in [3.63, 3.8) is 0 Å². The van der Waals surface area contributed by atoms with Crippen LogP contribution in [0.2, 0.25) is 0 Å². The maximum Gasteiger partial charge on any atom is 0.0669 e. The van der Waals surface area contributed by atoms with Crippen molar-refractivity contribution in [3.05, 3.63) is 64.7 Å². The Labute approximate surface area is 115 Å². The largest absolute Gasteiger partial charge is 0.252 e. The summed E-state index contributed by atoms with van der Waals surface area (Å²) >= 11 is 0. The third-order valence-corrected chi connectivity index (χ3v) is 3.91. The topological polar surface area (TPSA) is 12.4 Å². The highest BCUT2D eigenvalue weighted by Crippen LogP contribution is 2.29. The van der Waals surface area contributed by atoms with Crippen molar-refractivity contribution in [2.45, 2.75) is 33.1 Å². The summed E-state index contributed by atoms with van der Waals surface area (Å²) in [4.78, 5) is 4.77. The highest BCUT2D eigenvalue weighted by Gasteiger charge is 2.15. The number of hydrogen-bond acceptors (Lipinski definition) is 1. The normalized spacial score (nSPS) is 13.3. The smallest absolute Gasteiger partial charge is 0.0669 e. The SMILES string of the molecule is CCc1ccc(C2=Nc3ccccc3C2)cc1CC. The van der Waals surface area contributed by atoms with Crippen LogP contribution in [0.4, 0.5) is 5.69 Å². The Balaban J connectivity index is 1.97. The molecular weight excluding hydrogens is 230 g/mol. The number of aliphatic imine (C=N–C) groups is 1. The lowest BCUT2D eigenvalue weighted by molar-refractivity contribution is 1.04. The maximum absolute atomic E-state index is 4.77. The van der Waals surface area contributed by atoms with Crippen molar-refractivity contribution in [3.8, 4) is 0 Å². The van der Waals surface area contributed by atoms with E-state index in [1.54, 1.807) is 0 Å². The van der Waals surface area contributed by atoms with E-state index in [0.717, 1.165) is 24.9 Å². The van der Waals surface area contributed by atoms with E-state index >= 15 is 0 Å². The molecule has 0 amide bonds. The van der Waals surface area contributed by atoms with Crippen LogP contribution in [0, 0.1) is 0 Å². The summed E-state index contributed by atoms with van der Waals surface area (Å²) in [5.41, 5.74) is 7.88. The average molecular weight is 249 g/mol. The second-order valence-electron chi connectivity index (χ2n) is 5.05. The molecule has 0 bridgehead atoms. The molecule has 0 atom stereocenters. The molecule has 2 aromatic rings. The van der Waals surface area contributed by atoms with Gasteiger partial charge in [0.2, 0.25) is 0 Å². The summed E-state index contributed by atoms with van der Waals surface area (Å²) in [6.45, 7) is 4.45. The lowest BCUT2D eigenvalue weighted by Crippen LogP contribution is -2.02. The van der Waals surface area contributed by atoms with Gasteiger partial charge < -0.3 is 0 Å². The highest BCUT2D eigenvalue weighted by atomic mass is 14.8. The van der Waals surface area contributed by atoms with Crippen LogP contribution in [-0.4, -0.2) is 5.71 Å². The summed E-state index contributed by atoms with van der Waals surface area (Å²) in [6.07, 6.45) is 3.16. The van der Waals surface area contributed by atoms with E-state index < -0.39 is 0 Å². The molecule has 0 spiro atoms. The summed E-state index contributed by atoms with van der Waals surface area (Å²) in [6, 6.07) is 15.2. The van der Waals surface area contributed by atoms with E-state index in [2.05, 4.69) is 56.3 Å². The van der Waals surface area contributed by atoms with Gasteiger partial charge in [-0.1, -0.05) is 44.2 Å². The molecule has 96 valence electrons. The minimum atomic E-state index is 0.963. The monoisotopic (exact) mass is 249 g/mol. The molecule has 1 heterocycles. The van der Waals surface area contributed by atoms with Crippen molar-refractivity contribution >= 4 is 11.4 Å². The van der Waals surface area contributed by atoms with Crippen LogP contribution in [0.3, 0.4) is 0 Å². The van der Waals surface area contributed by atoms with Crippen LogP contribution in [0.5, 0.6) is 0 Å². The van der Waals surface area contributed by atoms with E-state index in [4.69, 9.17) is 4.99 Å². The fourth-order valence-electron chi connectivity index (χ4n) is 2.78. The molecule has 0 saturated carbocycles. The second-order valence-corrected chi connectivity index (χ2v) is 5.05. The van der Waals surface area contributed by atoms with Crippen LogP contribution in [0.25, 0.3) is 0 Å². The third kappa shape index (κ3) is 2.21. The third-order valence-electron chi connectivity index (χ3n) is 3.91. The first-order valence-electron chi connectivity index (χ1n) is 7.09. The van der Waals surface area contributed by atoms with Gasteiger partial charge in [-0.25, -0.2) is 0 Å². The second kappa shape index (κ2) is 5.00. The molecule has 0 aliphatic carbocycles. The Bertz CT molecular complexity index is 638. The van der Waals surface area contributed by atoms with Crippen LogP contribution in [0.15, 0.2) is 47.5 Å². The van der Waals surface area contributed by atoms with E-state index in [-0.39, 0.29) is 0 Å². The Kier molecular flexibility index (Phi) is 3.20. The van der Waals surface area contributed by atoms with E-state index in [1.807, 2.05) is 0 Å². The van der Waals surface area contributed by atoms with Crippen LogP contribution in [-0.2, 0) is 19.3 Å². The summed E-state index contributed by atoms with van der Waals surface area (Å²) in [5, 5.41) is 0. The molecule has 0 radical (unpaired) electrons. The zero-order chi connectivity index (χ0) is 13.2. The molecule has 0 unspecified atom stereocenters. The molecule has 3 rings (SSSR count). The number of hydrogen-bond donors (Lipinski definition) is 0. The first-order valence-corrected chi connectivity index (χ1v) is 7.09. The molecule has 0 aromatic heterocycles. The quantitative estimate of drug-likeness (QED) is 0.760. The summed E-state index contributed by atoms with van der Waals surface area (Å²) < 4.78 is 0. The van der Waals surface area contributed by atoms with Crippen molar-refractivity contribution in [2.24, 2.45) is 4.99 Å². The molecule has 0 fully saturated rings. The van der Waals surface area contributed by atoms with Gasteiger partial charge >= 0.3 is 0 Å². The van der Waals surface area contributed by atoms with Gasteiger partial charge in [-0.2, -0.15) is 0 Å². The Hall–Kier alpha value is -1.89. The zero-order valence-electron chi connectivity index (χ0n) is 11.6. The first kappa shape index (κ1) is 12.2. The van der Waals surface area contributed by atoms with E-state index in [1.165, 1.54) is 28.0 Å². The fourth-order valence-corrected chi connectivity index (χ4v) is 2.78. The van der Waals surface area contributed by atoms with Gasteiger partial charge in [0, 0.05) is 6.42 Å². The highest BCUT2D eigenvalue weighted by molar-refractivity contribution is 6.06. The van der Waals surface area contributed by atoms with E-state index in [0.29, 0.717) is 0 Å². The number of aryl methyl sites for hydroxylation is 2. The Morgan fingerprint density at radius 2 is 1.74 bits per heavy atom. The lowest BCUT2D eigenvalue weighted by atomic mass is 9.96. The molecule has 1 nitrogen and oxygen atoms in total. The van der Waals surface area contributed by atoms with Crippen LogP contribution >= 0.6 is 0 Å².